The van der Waals surface area contributed by atoms with Crippen molar-refractivity contribution in [3.63, 3.8) is 0 Å². The second-order valence-corrected chi connectivity index (χ2v) is 8.98. The molecule has 0 fully saturated rings. The first-order chi connectivity index (χ1) is 17.0. The van der Waals surface area contributed by atoms with Gasteiger partial charge in [-0.05, 0) is 29.8 Å². The van der Waals surface area contributed by atoms with E-state index in [1.165, 1.54) is 0 Å². The van der Waals surface area contributed by atoms with Gasteiger partial charge in [-0.3, -0.25) is 9.48 Å². The molecule has 0 bridgehead atoms. The van der Waals surface area contributed by atoms with Crippen LogP contribution in [0.1, 0.15) is 15.9 Å². The molecule has 9 heteroatoms. The van der Waals surface area contributed by atoms with Crippen LogP contribution in [0.3, 0.4) is 0 Å². The first-order valence-corrected chi connectivity index (χ1v) is 11.8. The average Bonchev–Trinajstić information content (AvgIpc) is 3.46. The maximum absolute atomic E-state index is 13.4. The SMILES string of the molecule is O=C(Nc1nn(Cc2ccc(Cl)c(Cl)c2)cc1Cl)c1cn(-c2ccccc2)nc1-c1ccccc1. The fourth-order valence-corrected chi connectivity index (χ4v) is 4.14. The van der Waals surface area contributed by atoms with Gasteiger partial charge < -0.3 is 5.32 Å². The largest absolute Gasteiger partial charge is 0.304 e. The Hall–Kier alpha value is -3.58. The van der Waals surface area contributed by atoms with Gasteiger partial charge in [0.05, 0.1) is 27.8 Å². The van der Waals surface area contributed by atoms with Crippen LogP contribution in [0.25, 0.3) is 16.9 Å². The van der Waals surface area contributed by atoms with Crippen molar-refractivity contribution in [2.45, 2.75) is 6.54 Å². The van der Waals surface area contributed by atoms with Gasteiger partial charge in [-0.2, -0.15) is 10.2 Å². The number of benzene rings is 3. The topological polar surface area (TPSA) is 64.7 Å². The van der Waals surface area contributed by atoms with E-state index < -0.39 is 0 Å². The van der Waals surface area contributed by atoms with Crippen LogP contribution in [0.2, 0.25) is 15.1 Å². The van der Waals surface area contributed by atoms with Gasteiger partial charge in [0, 0.05) is 18.0 Å². The number of amides is 1. The third-order valence-electron chi connectivity index (χ3n) is 5.30. The molecule has 5 aromatic rings. The molecule has 35 heavy (non-hydrogen) atoms. The normalized spacial score (nSPS) is 10.9. The maximum Gasteiger partial charge on any atom is 0.260 e. The standard InChI is InChI=1S/C26H18Cl3N5O/c27-21-12-11-17(13-22(21)28)14-33-16-23(29)25(32-33)30-26(35)20-15-34(19-9-5-2-6-10-19)31-24(20)18-7-3-1-4-8-18/h1-13,15-16H,14H2,(H,30,32,35). The molecule has 0 aliphatic heterocycles. The van der Waals surface area contributed by atoms with Gasteiger partial charge in [0.15, 0.2) is 5.82 Å². The molecule has 0 atom stereocenters. The summed E-state index contributed by atoms with van der Waals surface area (Å²) in [5, 5.41) is 13.2. The summed E-state index contributed by atoms with van der Waals surface area (Å²) in [6.45, 7) is 0.410. The predicted octanol–water partition coefficient (Wildman–Crippen LogP) is 7.00. The number of anilines is 1. The Morgan fingerprint density at radius 3 is 2.23 bits per heavy atom. The first-order valence-electron chi connectivity index (χ1n) is 10.7. The lowest BCUT2D eigenvalue weighted by atomic mass is 10.1. The Morgan fingerprint density at radius 1 is 0.800 bits per heavy atom. The van der Waals surface area contributed by atoms with Crippen molar-refractivity contribution in [2.75, 3.05) is 5.32 Å². The Morgan fingerprint density at radius 2 is 1.51 bits per heavy atom. The molecular weight excluding hydrogens is 505 g/mol. The Balaban J connectivity index is 1.43. The minimum absolute atomic E-state index is 0.253. The van der Waals surface area contributed by atoms with Gasteiger partial charge in [0.2, 0.25) is 0 Å². The van der Waals surface area contributed by atoms with Crippen LogP contribution >= 0.6 is 34.8 Å². The van der Waals surface area contributed by atoms with E-state index in [-0.39, 0.29) is 11.7 Å². The van der Waals surface area contributed by atoms with Gasteiger partial charge in [-0.15, -0.1) is 0 Å². The molecular formula is C26H18Cl3N5O. The Labute approximate surface area is 216 Å². The summed E-state index contributed by atoms with van der Waals surface area (Å²) in [5.41, 5.74) is 3.51. The van der Waals surface area contributed by atoms with Crippen molar-refractivity contribution >= 4 is 46.5 Å². The number of nitrogens with one attached hydrogen (secondary N) is 1. The van der Waals surface area contributed by atoms with E-state index in [2.05, 4.69) is 15.5 Å². The zero-order valence-corrected chi connectivity index (χ0v) is 20.5. The fourth-order valence-electron chi connectivity index (χ4n) is 3.63. The lowest BCUT2D eigenvalue weighted by molar-refractivity contribution is 0.102. The van der Waals surface area contributed by atoms with Crippen LogP contribution in [0.4, 0.5) is 5.82 Å². The van der Waals surface area contributed by atoms with Crippen LogP contribution in [0, 0.1) is 0 Å². The molecule has 3 aromatic carbocycles. The van der Waals surface area contributed by atoms with Gasteiger partial charge in [-0.25, -0.2) is 4.68 Å². The minimum Gasteiger partial charge on any atom is -0.304 e. The second kappa shape index (κ2) is 9.96. The van der Waals surface area contributed by atoms with Gasteiger partial charge in [-0.1, -0.05) is 89.4 Å². The highest BCUT2D eigenvalue weighted by molar-refractivity contribution is 6.42. The Kier molecular flexibility index (Phi) is 6.59. The van der Waals surface area contributed by atoms with Crippen molar-refractivity contribution in [2.24, 2.45) is 0 Å². The predicted molar refractivity (Wildman–Crippen MR) is 140 cm³/mol. The highest BCUT2D eigenvalue weighted by Crippen LogP contribution is 2.27. The van der Waals surface area contributed by atoms with Crippen LogP contribution in [-0.2, 0) is 6.54 Å². The number of aromatic nitrogens is 4. The van der Waals surface area contributed by atoms with E-state index in [1.807, 2.05) is 66.7 Å². The van der Waals surface area contributed by atoms with Gasteiger partial charge in [0.25, 0.3) is 5.91 Å². The van der Waals surface area contributed by atoms with E-state index in [4.69, 9.17) is 34.8 Å². The number of para-hydroxylation sites is 1. The van der Waals surface area contributed by atoms with E-state index >= 15 is 0 Å². The van der Waals surface area contributed by atoms with Crippen molar-refractivity contribution < 1.29 is 4.79 Å². The van der Waals surface area contributed by atoms with Crippen LogP contribution in [-0.4, -0.2) is 25.5 Å². The Bertz CT molecular complexity index is 1500. The lowest BCUT2D eigenvalue weighted by Gasteiger charge is -2.05. The third-order valence-corrected chi connectivity index (χ3v) is 6.32. The fraction of sp³-hybridized carbons (Fsp3) is 0.0385. The maximum atomic E-state index is 13.4. The van der Waals surface area contributed by atoms with Crippen molar-refractivity contribution in [3.8, 4) is 16.9 Å². The minimum atomic E-state index is -0.368. The number of halogens is 3. The molecule has 0 saturated heterocycles. The highest BCUT2D eigenvalue weighted by atomic mass is 35.5. The van der Waals surface area contributed by atoms with Crippen molar-refractivity contribution in [1.29, 1.82) is 0 Å². The molecule has 0 aliphatic carbocycles. The van der Waals surface area contributed by atoms with E-state index in [1.54, 1.807) is 33.9 Å². The first kappa shape index (κ1) is 23.2. The highest BCUT2D eigenvalue weighted by Gasteiger charge is 2.21. The molecule has 0 aliphatic rings. The average molecular weight is 523 g/mol. The molecule has 2 aromatic heterocycles. The van der Waals surface area contributed by atoms with Crippen molar-refractivity contribution in [1.82, 2.24) is 19.6 Å². The number of carbonyl (C=O) groups is 1. The zero-order chi connectivity index (χ0) is 24.4. The molecule has 1 amide bonds. The number of hydrogen-bond acceptors (Lipinski definition) is 3. The molecule has 6 nitrogen and oxygen atoms in total. The molecule has 0 radical (unpaired) electrons. The summed E-state index contributed by atoms with van der Waals surface area (Å²) in [7, 11) is 0. The molecule has 0 saturated carbocycles. The number of nitrogens with zero attached hydrogens (tertiary/aromatic N) is 4. The molecule has 0 spiro atoms. The second-order valence-electron chi connectivity index (χ2n) is 7.76. The summed E-state index contributed by atoms with van der Waals surface area (Å²) < 4.78 is 3.31. The van der Waals surface area contributed by atoms with Crippen LogP contribution < -0.4 is 5.32 Å². The summed E-state index contributed by atoms with van der Waals surface area (Å²) >= 11 is 18.5. The monoisotopic (exact) mass is 521 g/mol. The van der Waals surface area contributed by atoms with Crippen LogP contribution in [0.15, 0.2) is 91.3 Å². The van der Waals surface area contributed by atoms with E-state index in [9.17, 15) is 4.79 Å². The van der Waals surface area contributed by atoms with E-state index in [0.717, 1.165) is 16.8 Å². The number of carbonyl (C=O) groups excluding carboxylic acids is 1. The summed E-state index contributed by atoms with van der Waals surface area (Å²) in [6.07, 6.45) is 3.35. The number of hydrogen-bond donors (Lipinski definition) is 1. The zero-order valence-electron chi connectivity index (χ0n) is 18.2. The summed E-state index contributed by atoms with van der Waals surface area (Å²) in [5.74, 6) is -0.115. The third kappa shape index (κ3) is 5.10. The molecule has 5 rings (SSSR count). The smallest absolute Gasteiger partial charge is 0.260 e. The van der Waals surface area contributed by atoms with Gasteiger partial charge >= 0.3 is 0 Å². The van der Waals surface area contributed by atoms with E-state index in [0.29, 0.717) is 32.9 Å². The van der Waals surface area contributed by atoms with Crippen LogP contribution in [0.5, 0.6) is 0 Å². The summed E-state index contributed by atoms with van der Waals surface area (Å²) in [4.78, 5) is 13.4. The van der Waals surface area contributed by atoms with Gasteiger partial charge in [0.1, 0.15) is 10.7 Å². The summed E-state index contributed by atoms with van der Waals surface area (Å²) in [6, 6.07) is 24.5. The number of rotatable bonds is 6. The quantitative estimate of drug-likeness (QED) is 0.261. The molecule has 1 N–H and O–H groups in total. The molecule has 174 valence electrons. The molecule has 2 heterocycles. The molecule has 0 unspecified atom stereocenters. The lowest BCUT2D eigenvalue weighted by Crippen LogP contribution is -2.13. The van der Waals surface area contributed by atoms with Crippen molar-refractivity contribution in [3.05, 3.63) is 117 Å².